The molecule has 1 aliphatic heterocycles. The highest BCUT2D eigenvalue weighted by molar-refractivity contribution is 7.13. The largest absolute Gasteiger partial charge is 0.486 e. The second kappa shape index (κ2) is 8.44. The number of nitrogens with zero attached hydrogens (tertiary/aromatic N) is 1. The molecule has 4 rings (SSSR count). The summed E-state index contributed by atoms with van der Waals surface area (Å²) in [5.74, 6) is 1.39. The van der Waals surface area contributed by atoms with Crippen LogP contribution in [0.4, 0.5) is 0 Å². The topological polar surface area (TPSA) is 60.5 Å². The summed E-state index contributed by atoms with van der Waals surface area (Å²) in [6.45, 7) is 2.97. The molecule has 2 heterocycles. The molecule has 1 aromatic heterocycles. The Balaban J connectivity index is 1.29. The minimum Gasteiger partial charge on any atom is -0.486 e. The zero-order valence-corrected chi connectivity index (χ0v) is 16.5. The highest BCUT2D eigenvalue weighted by atomic mass is 32.1. The summed E-state index contributed by atoms with van der Waals surface area (Å²) in [4.78, 5) is 16.9. The van der Waals surface area contributed by atoms with Gasteiger partial charge >= 0.3 is 0 Å². The quantitative estimate of drug-likeness (QED) is 0.689. The molecular formula is C22H22N2O3S. The fourth-order valence-electron chi connectivity index (χ4n) is 3.02. The van der Waals surface area contributed by atoms with Crippen molar-refractivity contribution >= 4 is 17.2 Å². The van der Waals surface area contributed by atoms with Crippen molar-refractivity contribution in [2.45, 2.75) is 25.9 Å². The first-order valence-corrected chi connectivity index (χ1v) is 10.3. The van der Waals surface area contributed by atoms with Crippen molar-refractivity contribution in [3.05, 3.63) is 65.2 Å². The highest BCUT2D eigenvalue weighted by Gasteiger charge is 2.21. The van der Waals surface area contributed by atoms with Crippen LogP contribution in [0, 0.1) is 0 Å². The lowest BCUT2D eigenvalue weighted by atomic mass is 10.1. The number of carbonyl (C=O) groups is 1. The molecule has 1 amide bonds. The average molecular weight is 394 g/mol. The lowest BCUT2D eigenvalue weighted by Gasteiger charge is -2.26. The van der Waals surface area contributed by atoms with Gasteiger partial charge in [0, 0.05) is 10.9 Å². The number of nitrogens with one attached hydrogen (secondary N) is 1. The maximum atomic E-state index is 12.3. The van der Waals surface area contributed by atoms with E-state index in [1.807, 2.05) is 29.6 Å². The number of rotatable bonds is 6. The van der Waals surface area contributed by atoms with Crippen LogP contribution in [0.5, 0.6) is 11.5 Å². The molecule has 5 nitrogen and oxygen atoms in total. The Bertz CT molecular complexity index is 952. The van der Waals surface area contributed by atoms with E-state index in [4.69, 9.17) is 9.47 Å². The fraction of sp³-hybridized carbons (Fsp3) is 0.273. The van der Waals surface area contributed by atoms with Gasteiger partial charge in [-0.05, 0) is 24.1 Å². The van der Waals surface area contributed by atoms with Gasteiger partial charge in [-0.25, -0.2) is 4.98 Å². The van der Waals surface area contributed by atoms with Crippen molar-refractivity contribution < 1.29 is 14.3 Å². The molecule has 1 unspecified atom stereocenters. The predicted octanol–water partition coefficient (Wildman–Crippen LogP) is 3.87. The number of benzene rings is 2. The normalized spacial score (nSPS) is 15.2. The Morgan fingerprint density at radius 1 is 1.18 bits per heavy atom. The first kappa shape index (κ1) is 18.5. The molecule has 0 aliphatic carbocycles. The molecule has 28 heavy (non-hydrogen) atoms. The first-order chi connectivity index (χ1) is 13.7. The molecule has 0 spiro atoms. The van der Waals surface area contributed by atoms with Crippen LogP contribution in [0.1, 0.15) is 18.2 Å². The van der Waals surface area contributed by atoms with Gasteiger partial charge in [-0.1, -0.05) is 43.3 Å². The molecule has 0 saturated carbocycles. The van der Waals surface area contributed by atoms with Crippen LogP contribution in [0.15, 0.2) is 53.9 Å². The van der Waals surface area contributed by atoms with Crippen molar-refractivity contribution in [3.8, 4) is 22.1 Å². The summed E-state index contributed by atoms with van der Waals surface area (Å²) in [5, 5.41) is 5.80. The minimum atomic E-state index is -0.193. The Labute approximate surface area is 168 Å². The molecule has 1 N–H and O–H groups in total. The van der Waals surface area contributed by atoms with Gasteiger partial charge in [-0.2, -0.15) is 0 Å². The van der Waals surface area contributed by atoms with Crippen LogP contribution in [-0.2, 0) is 17.6 Å². The molecule has 0 fully saturated rings. The number of hydrogen-bond acceptors (Lipinski definition) is 5. The predicted molar refractivity (Wildman–Crippen MR) is 110 cm³/mol. The summed E-state index contributed by atoms with van der Waals surface area (Å²) in [6, 6.07) is 16.0. The van der Waals surface area contributed by atoms with Gasteiger partial charge in [-0.15, -0.1) is 11.3 Å². The SMILES string of the molecule is CCc1ccc(-c2nc(CC(=O)NCC3COc4ccccc4O3)cs2)cc1. The van der Waals surface area contributed by atoms with E-state index in [0.29, 0.717) is 18.9 Å². The number of amides is 1. The van der Waals surface area contributed by atoms with Crippen molar-refractivity contribution in [2.24, 2.45) is 0 Å². The van der Waals surface area contributed by atoms with Crippen LogP contribution < -0.4 is 14.8 Å². The standard InChI is InChI=1S/C22H22N2O3S/c1-2-15-7-9-16(10-8-15)22-24-17(14-28-22)11-21(25)23-12-18-13-26-19-5-3-4-6-20(19)27-18/h3-10,14,18H,2,11-13H2,1H3,(H,23,25). The number of hydrogen-bond donors (Lipinski definition) is 1. The molecule has 3 aromatic rings. The molecular weight excluding hydrogens is 372 g/mol. The van der Waals surface area contributed by atoms with Crippen LogP contribution in [0.25, 0.3) is 10.6 Å². The van der Waals surface area contributed by atoms with Crippen LogP contribution in [-0.4, -0.2) is 30.1 Å². The van der Waals surface area contributed by atoms with E-state index in [1.54, 1.807) is 11.3 Å². The molecule has 0 radical (unpaired) electrons. The van der Waals surface area contributed by atoms with E-state index < -0.39 is 0 Å². The fourth-order valence-corrected chi connectivity index (χ4v) is 3.85. The Morgan fingerprint density at radius 3 is 2.75 bits per heavy atom. The molecule has 0 bridgehead atoms. The third-order valence-electron chi connectivity index (χ3n) is 4.60. The van der Waals surface area contributed by atoms with Crippen molar-refractivity contribution in [1.82, 2.24) is 10.3 Å². The van der Waals surface area contributed by atoms with Crippen LogP contribution in [0.3, 0.4) is 0 Å². The molecule has 0 saturated heterocycles. The number of thiazole rings is 1. The van der Waals surface area contributed by atoms with Gasteiger partial charge in [0.05, 0.1) is 18.7 Å². The zero-order valence-electron chi connectivity index (χ0n) is 15.7. The highest BCUT2D eigenvalue weighted by Crippen LogP contribution is 2.30. The van der Waals surface area contributed by atoms with E-state index >= 15 is 0 Å². The van der Waals surface area contributed by atoms with Gasteiger partial charge in [0.2, 0.25) is 5.91 Å². The van der Waals surface area contributed by atoms with Crippen molar-refractivity contribution in [3.63, 3.8) is 0 Å². The molecule has 144 valence electrons. The monoisotopic (exact) mass is 394 g/mol. The van der Waals surface area contributed by atoms with Crippen LogP contribution >= 0.6 is 11.3 Å². The van der Waals surface area contributed by atoms with Crippen molar-refractivity contribution in [1.29, 1.82) is 0 Å². The summed E-state index contributed by atoms with van der Waals surface area (Å²) in [7, 11) is 0. The average Bonchev–Trinajstić information content (AvgIpc) is 3.20. The number of carbonyl (C=O) groups excluding carboxylic acids is 1. The second-order valence-electron chi connectivity index (χ2n) is 6.67. The lowest BCUT2D eigenvalue weighted by molar-refractivity contribution is -0.121. The van der Waals surface area contributed by atoms with E-state index in [-0.39, 0.29) is 18.4 Å². The van der Waals surface area contributed by atoms with Gasteiger partial charge in [0.25, 0.3) is 0 Å². The molecule has 1 aliphatic rings. The van der Waals surface area contributed by atoms with Crippen molar-refractivity contribution in [2.75, 3.05) is 13.2 Å². The number of aromatic nitrogens is 1. The minimum absolute atomic E-state index is 0.0689. The van der Waals surface area contributed by atoms with E-state index in [0.717, 1.165) is 28.4 Å². The summed E-state index contributed by atoms with van der Waals surface area (Å²) >= 11 is 1.56. The van der Waals surface area contributed by atoms with E-state index in [2.05, 4.69) is 41.5 Å². The molecule has 2 aromatic carbocycles. The van der Waals surface area contributed by atoms with Gasteiger partial charge < -0.3 is 14.8 Å². The third-order valence-corrected chi connectivity index (χ3v) is 5.54. The van der Waals surface area contributed by atoms with Gasteiger partial charge in [-0.3, -0.25) is 4.79 Å². The number of para-hydroxylation sites is 2. The number of ether oxygens (including phenoxy) is 2. The number of aryl methyl sites for hydroxylation is 1. The summed E-state index contributed by atoms with van der Waals surface area (Å²) in [6.07, 6.45) is 1.08. The zero-order chi connectivity index (χ0) is 19.3. The van der Waals surface area contributed by atoms with E-state index in [1.165, 1.54) is 5.56 Å². The number of fused-ring (bicyclic) bond motifs is 1. The smallest absolute Gasteiger partial charge is 0.226 e. The third kappa shape index (κ3) is 4.34. The Kier molecular flexibility index (Phi) is 5.58. The van der Waals surface area contributed by atoms with Gasteiger partial charge in [0.15, 0.2) is 11.5 Å². The van der Waals surface area contributed by atoms with Gasteiger partial charge in [0.1, 0.15) is 17.7 Å². The maximum absolute atomic E-state index is 12.3. The maximum Gasteiger partial charge on any atom is 0.226 e. The second-order valence-corrected chi connectivity index (χ2v) is 7.53. The summed E-state index contributed by atoms with van der Waals surface area (Å²) in [5.41, 5.74) is 3.17. The summed E-state index contributed by atoms with van der Waals surface area (Å²) < 4.78 is 11.5. The lowest BCUT2D eigenvalue weighted by Crippen LogP contribution is -2.41. The van der Waals surface area contributed by atoms with E-state index in [9.17, 15) is 4.79 Å². The Morgan fingerprint density at radius 2 is 1.96 bits per heavy atom. The Hall–Kier alpha value is -2.86. The molecule has 1 atom stereocenters. The molecule has 6 heteroatoms. The van der Waals surface area contributed by atoms with Crippen LogP contribution in [0.2, 0.25) is 0 Å². The first-order valence-electron chi connectivity index (χ1n) is 9.40.